The Hall–Kier alpha value is -1.52. The van der Waals surface area contributed by atoms with Gasteiger partial charge in [0.15, 0.2) is 0 Å². The number of hydrogen-bond acceptors (Lipinski definition) is 1. The summed E-state index contributed by atoms with van der Waals surface area (Å²) in [6.07, 6.45) is -4.39. The number of anilines is 1. The Morgan fingerprint density at radius 2 is 1.88 bits per heavy atom. The molecule has 0 aliphatic rings. The molecule has 0 aliphatic carbocycles. The fourth-order valence-electron chi connectivity index (χ4n) is 1.41. The van der Waals surface area contributed by atoms with Crippen molar-refractivity contribution < 1.29 is 18.0 Å². The van der Waals surface area contributed by atoms with Gasteiger partial charge in [-0.05, 0) is 18.2 Å². The highest BCUT2D eigenvalue weighted by Gasteiger charge is 2.31. The summed E-state index contributed by atoms with van der Waals surface area (Å²) in [6, 6.07) is 4.73. The summed E-state index contributed by atoms with van der Waals surface area (Å²) in [5.74, 6) is -0.473. The van der Waals surface area contributed by atoms with Gasteiger partial charge in [0.2, 0.25) is 5.91 Å². The van der Waals surface area contributed by atoms with E-state index in [1.54, 1.807) is 13.8 Å². The van der Waals surface area contributed by atoms with Gasteiger partial charge >= 0.3 is 6.18 Å². The van der Waals surface area contributed by atoms with Crippen LogP contribution in [0, 0.1) is 5.92 Å². The van der Waals surface area contributed by atoms with Crippen LogP contribution >= 0.6 is 0 Å². The molecule has 0 unspecified atom stereocenters. The van der Waals surface area contributed by atoms with E-state index in [2.05, 4.69) is 0 Å². The lowest BCUT2D eigenvalue weighted by Gasteiger charge is -2.20. The molecule has 0 bridgehead atoms. The van der Waals surface area contributed by atoms with Gasteiger partial charge in [0.25, 0.3) is 0 Å². The second-order valence-corrected chi connectivity index (χ2v) is 4.10. The third-order valence-electron chi connectivity index (χ3n) is 2.39. The number of rotatable bonds is 2. The maximum atomic E-state index is 12.5. The number of nitrogens with zero attached hydrogens (tertiary/aromatic N) is 1. The SMILES string of the molecule is CC(C)C(=O)N(C)c1cccc(C(F)(F)F)c1. The van der Waals surface area contributed by atoms with Gasteiger partial charge in [-0.15, -0.1) is 0 Å². The van der Waals surface area contributed by atoms with E-state index in [9.17, 15) is 18.0 Å². The van der Waals surface area contributed by atoms with Crippen molar-refractivity contribution in [3.05, 3.63) is 29.8 Å². The highest BCUT2D eigenvalue weighted by Crippen LogP contribution is 2.31. The Morgan fingerprint density at radius 1 is 1.29 bits per heavy atom. The van der Waals surface area contributed by atoms with Crippen LogP contribution in [0.25, 0.3) is 0 Å². The second-order valence-electron chi connectivity index (χ2n) is 4.10. The second kappa shape index (κ2) is 4.77. The third kappa shape index (κ3) is 3.22. The van der Waals surface area contributed by atoms with Gasteiger partial charge in [-0.1, -0.05) is 19.9 Å². The number of carbonyl (C=O) groups excluding carboxylic acids is 1. The predicted molar refractivity (Wildman–Crippen MR) is 59.7 cm³/mol. The molecule has 0 N–H and O–H groups in total. The minimum Gasteiger partial charge on any atom is -0.315 e. The maximum absolute atomic E-state index is 12.5. The van der Waals surface area contributed by atoms with Crippen molar-refractivity contribution in [1.82, 2.24) is 0 Å². The fraction of sp³-hybridized carbons (Fsp3) is 0.417. The van der Waals surface area contributed by atoms with Crippen LogP contribution in [0.15, 0.2) is 24.3 Å². The summed E-state index contributed by atoms with van der Waals surface area (Å²) in [5, 5.41) is 0. The van der Waals surface area contributed by atoms with Crippen LogP contribution in [0.4, 0.5) is 18.9 Å². The Labute approximate surface area is 98.0 Å². The first-order chi connectivity index (χ1) is 7.73. The first-order valence-corrected chi connectivity index (χ1v) is 5.18. The predicted octanol–water partition coefficient (Wildman–Crippen LogP) is 3.32. The maximum Gasteiger partial charge on any atom is 0.416 e. The van der Waals surface area contributed by atoms with Crippen LogP contribution in [0.1, 0.15) is 19.4 Å². The van der Waals surface area contributed by atoms with Crippen LogP contribution in [-0.4, -0.2) is 13.0 Å². The summed E-state index contributed by atoms with van der Waals surface area (Å²) in [6.45, 7) is 3.40. The molecule has 2 nitrogen and oxygen atoms in total. The van der Waals surface area contributed by atoms with E-state index in [-0.39, 0.29) is 17.5 Å². The lowest BCUT2D eigenvalue weighted by atomic mass is 10.1. The molecule has 0 radical (unpaired) electrons. The van der Waals surface area contributed by atoms with Gasteiger partial charge < -0.3 is 4.90 Å². The highest BCUT2D eigenvalue weighted by atomic mass is 19.4. The lowest BCUT2D eigenvalue weighted by molar-refractivity contribution is -0.137. The van der Waals surface area contributed by atoms with Crippen molar-refractivity contribution in [3.63, 3.8) is 0 Å². The van der Waals surface area contributed by atoms with Crippen molar-refractivity contribution in [2.75, 3.05) is 11.9 Å². The first-order valence-electron chi connectivity index (χ1n) is 5.18. The number of benzene rings is 1. The van der Waals surface area contributed by atoms with Crippen molar-refractivity contribution >= 4 is 11.6 Å². The summed E-state index contributed by atoms with van der Waals surface area (Å²) in [7, 11) is 1.47. The van der Waals surface area contributed by atoms with Crippen molar-refractivity contribution in [2.45, 2.75) is 20.0 Å². The number of amides is 1. The summed E-state index contributed by atoms with van der Waals surface area (Å²) < 4.78 is 37.5. The van der Waals surface area contributed by atoms with Gasteiger partial charge in [-0.3, -0.25) is 4.79 Å². The Bertz CT molecular complexity index is 412. The molecule has 0 saturated carbocycles. The molecule has 0 aliphatic heterocycles. The van der Waals surface area contributed by atoms with E-state index in [4.69, 9.17) is 0 Å². The van der Waals surface area contributed by atoms with Gasteiger partial charge in [0.1, 0.15) is 0 Å². The first kappa shape index (κ1) is 13.5. The topological polar surface area (TPSA) is 20.3 Å². The molecule has 5 heteroatoms. The molecule has 17 heavy (non-hydrogen) atoms. The number of alkyl halides is 3. The van der Waals surface area contributed by atoms with E-state index >= 15 is 0 Å². The third-order valence-corrected chi connectivity index (χ3v) is 2.39. The molecule has 0 heterocycles. The zero-order valence-corrected chi connectivity index (χ0v) is 9.88. The van der Waals surface area contributed by atoms with E-state index in [0.29, 0.717) is 0 Å². The summed E-state index contributed by atoms with van der Waals surface area (Å²) in [4.78, 5) is 12.9. The average Bonchev–Trinajstić information content (AvgIpc) is 2.26. The minimum atomic E-state index is -4.39. The van der Waals surface area contributed by atoms with E-state index in [0.717, 1.165) is 12.1 Å². The van der Waals surface area contributed by atoms with Gasteiger partial charge in [0, 0.05) is 18.7 Å². The Morgan fingerprint density at radius 3 is 2.35 bits per heavy atom. The van der Waals surface area contributed by atoms with E-state index in [1.807, 2.05) is 0 Å². The molecule has 0 fully saturated rings. The molecule has 1 amide bonds. The van der Waals surface area contributed by atoms with Crippen LogP contribution in [-0.2, 0) is 11.0 Å². The van der Waals surface area contributed by atoms with E-state index < -0.39 is 11.7 Å². The molecule has 0 aromatic heterocycles. The number of hydrogen-bond donors (Lipinski definition) is 0. The van der Waals surface area contributed by atoms with Gasteiger partial charge in [-0.25, -0.2) is 0 Å². The van der Waals surface area contributed by atoms with Crippen molar-refractivity contribution in [2.24, 2.45) is 5.92 Å². The van der Waals surface area contributed by atoms with E-state index in [1.165, 1.54) is 24.1 Å². The monoisotopic (exact) mass is 245 g/mol. The van der Waals surface area contributed by atoms with Crippen LogP contribution < -0.4 is 4.90 Å². The van der Waals surface area contributed by atoms with Gasteiger partial charge in [-0.2, -0.15) is 13.2 Å². The highest BCUT2D eigenvalue weighted by molar-refractivity contribution is 5.94. The minimum absolute atomic E-state index is 0.218. The zero-order valence-electron chi connectivity index (χ0n) is 9.88. The van der Waals surface area contributed by atoms with Gasteiger partial charge in [0.05, 0.1) is 5.56 Å². The molecular formula is C12H14F3NO. The molecule has 0 atom stereocenters. The largest absolute Gasteiger partial charge is 0.416 e. The average molecular weight is 245 g/mol. The van der Waals surface area contributed by atoms with Crippen molar-refractivity contribution in [3.8, 4) is 0 Å². The zero-order chi connectivity index (χ0) is 13.2. The van der Waals surface area contributed by atoms with Crippen molar-refractivity contribution in [1.29, 1.82) is 0 Å². The number of carbonyl (C=O) groups is 1. The molecular weight excluding hydrogens is 231 g/mol. The Balaban J connectivity index is 3.04. The Kier molecular flexibility index (Phi) is 3.80. The van der Waals surface area contributed by atoms with Crippen LogP contribution in [0.5, 0.6) is 0 Å². The summed E-state index contributed by atoms with van der Waals surface area (Å²) >= 11 is 0. The lowest BCUT2D eigenvalue weighted by Crippen LogP contribution is -2.30. The van der Waals surface area contributed by atoms with Crippen LogP contribution in [0.3, 0.4) is 0 Å². The molecule has 94 valence electrons. The molecule has 1 aromatic rings. The molecule has 0 spiro atoms. The quantitative estimate of drug-likeness (QED) is 0.782. The smallest absolute Gasteiger partial charge is 0.315 e. The van der Waals surface area contributed by atoms with Crippen LogP contribution in [0.2, 0.25) is 0 Å². The summed E-state index contributed by atoms with van der Waals surface area (Å²) in [5.41, 5.74) is -0.503. The molecule has 0 saturated heterocycles. The molecule has 1 rings (SSSR count). The molecule has 1 aromatic carbocycles. The fourth-order valence-corrected chi connectivity index (χ4v) is 1.41. The standard InChI is InChI=1S/C12H14F3NO/c1-8(2)11(17)16(3)10-6-4-5-9(7-10)12(13,14)15/h4-8H,1-3H3. The number of halogens is 3. The normalized spacial score (nSPS) is 11.7.